The summed E-state index contributed by atoms with van der Waals surface area (Å²) in [5.74, 6) is 1.59. The summed E-state index contributed by atoms with van der Waals surface area (Å²) in [6.07, 6.45) is 0. The molecule has 0 spiro atoms. The summed E-state index contributed by atoms with van der Waals surface area (Å²) in [7, 11) is 1.65. The summed E-state index contributed by atoms with van der Waals surface area (Å²) in [5.41, 5.74) is 0.988. The summed E-state index contributed by atoms with van der Waals surface area (Å²) < 4.78 is 12.0. The average molecular weight is 328 g/mol. The van der Waals surface area contributed by atoms with Gasteiger partial charge in [-0.3, -0.25) is 0 Å². The van der Waals surface area contributed by atoms with Crippen molar-refractivity contribution >= 4 is 27.5 Å². The van der Waals surface area contributed by atoms with Gasteiger partial charge >= 0.3 is 0 Å². The molecule has 0 aliphatic rings. The van der Waals surface area contributed by atoms with Crippen molar-refractivity contribution in [2.45, 2.75) is 6.61 Å². The van der Waals surface area contributed by atoms with Crippen molar-refractivity contribution in [1.29, 1.82) is 0 Å². The molecule has 0 atom stereocenters. The molecule has 2 nitrogen and oxygen atoms in total. The number of methoxy groups -OCH3 is 1. The smallest absolute Gasteiger partial charge is 0.125 e. The van der Waals surface area contributed by atoms with Crippen LogP contribution in [0.4, 0.5) is 0 Å². The minimum absolute atomic E-state index is 0.449. The van der Waals surface area contributed by atoms with E-state index in [-0.39, 0.29) is 0 Å². The van der Waals surface area contributed by atoms with Gasteiger partial charge in [0.1, 0.15) is 18.1 Å². The fourth-order valence-electron chi connectivity index (χ4n) is 1.55. The van der Waals surface area contributed by atoms with Crippen molar-refractivity contribution in [2.75, 3.05) is 7.11 Å². The standard InChI is InChI=1S/C14H12BrClO2/c1-17-14-7-2-11(15)8-10(14)9-18-13-5-3-12(16)4-6-13/h2-8H,9H2,1H3. The number of benzene rings is 2. The predicted octanol–water partition coefficient (Wildman–Crippen LogP) is 4.69. The maximum absolute atomic E-state index is 5.82. The third-order valence-electron chi connectivity index (χ3n) is 2.45. The van der Waals surface area contributed by atoms with Crippen LogP contribution in [0.1, 0.15) is 5.56 Å². The lowest BCUT2D eigenvalue weighted by Gasteiger charge is -2.10. The third kappa shape index (κ3) is 3.40. The van der Waals surface area contributed by atoms with Crippen LogP contribution in [0.15, 0.2) is 46.9 Å². The molecule has 0 radical (unpaired) electrons. The highest BCUT2D eigenvalue weighted by atomic mass is 79.9. The Kier molecular flexibility index (Phi) is 4.50. The van der Waals surface area contributed by atoms with E-state index < -0.39 is 0 Å². The maximum Gasteiger partial charge on any atom is 0.125 e. The average Bonchev–Trinajstić information content (AvgIpc) is 2.38. The molecule has 0 bridgehead atoms. The van der Waals surface area contributed by atoms with Crippen molar-refractivity contribution in [1.82, 2.24) is 0 Å². The van der Waals surface area contributed by atoms with Crippen LogP contribution < -0.4 is 9.47 Å². The van der Waals surface area contributed by atoms with Gasteiger partial charge in [-0.1, -0.05) is 27.5 Å². The number of ether oxygens (including phenoxy) is 2. The quantitative estimate of drug-likeness (QED) is 0.811. The second-order valence-electron chi connectivity index (χ2n) is 3.70. The van der Waals surface area contributed by atoms with Gasteiger partial charge < -0.3 is 9.47 Å². The van der Waals surface area contributed by atoms with E-state index in [0.29, 0.717) is 11.6 Å². The van der Waals surface area contributed by atoms with Crippen LogP contribution in [0.2, 0.25) is 5.02 Å². The van der Waals surface area contributed by atoms with Gasteiger partial charge in [-0.05, 0) is 42.5 Å². The van der Waals surface area contributed by atoms with E-state index >= 15 is 0 Å². The molecule has 2 aromatic carbocycles. The molecular formula is C14H12BrClO2. The summed E-state index contributed by atoms with van der Waals surface area (Å²) in [4.78, 5) is 0. The molecule has 0 saturated heterocycles. The zero-order valence-corrected chi connectivity index (χ0v) is 12.2. The Morgan fingerprint density at radius 2 is 1.83 bits per heavy atom. The van der Waals surface area contributed by atoms with Crippen molar-refractivity contribution in [2.24, 2.45) is 0 Å². The highest BCUT2D eigenvalue weighted by Crippen LogP contribution is 2.25. The van der Waals surface area contributed by atoms with Gasteiger partial charge in [0.25, 0.3) is 0 Å². The van der Waals surface area contributed by atoms with E-state index in [1.54, 1.807) is 19.2 Å². The molecule has 2 aromatic rings. The fraction of sp³-hybridized carbons (Fsp3) is 0.143. The molecule has 94 valence electrons. The number of hydrogen-bond donors (Lipinski definition) is 0. The molecule has 0 aliphatic carbocycles. The summed E-state index contributed by atoms with van der Waals surface area (Å²) in [5, 5.41) is 0.697. The fourth-order valence-corrected chi connectivity index (χ4v) is 2.09. The van der Waals surface area contributed by atoms with E-state index in [9.17, 15) is 0 Å². The van der Waals surface area contributed by atoms with Crippen LogP contribution in [-0.2, 0) is 6.61 Å². The Labute approximate surface area is 120 Å². The highest BCUT2D eigenvalue weighted by Gasteiger charge is 2.04. The minimum atomic E-state index is 0.449. The summed E-state index contributed by atoms with van der Waals surface area (Å²) in [6.45, 7) is 0.449. The Morgan fingerprint density at radius 3 is 2.50 bits per heavy atom. The zero-order chi connectivity index (χ0) is 13.0. The van der Waals surface area contributed by atoms with Gasteiger partial charge in [0.2, 0.25) is 0 Å². The van der Waals surface area contributed by atoms with Crippen LogP contribution in [0.3, 0.4) is 0 Å². The number of halogens is 2. The maximum atomic E-state index is 5.82. The molecule has 18 heavy (non-hydrogen) atoms. The first-order valence-corrected chi connectivity index (χ1v) is 6.57. The van der Waals surface area contributed by atoms with Crippen molar-refractivity contribution in [3.05, 3.63) is 57.5 Å². The largest absolute Gasteiger partial charge is 0.496 e. The van der Waals surface area contributed by atoms with E-state index in [0.717, 1.165) is 21.5 Å². The molecule has 2 rings (SSSR count). The van der Waals surface area contributed by atoms with Gasteiger partial charge in [0, 0.05) is 15.1 Å². The molecule has 0 heterocycles. The van der Waals surface area contributed by atoms with Crippen LogP contribution in [0.5, 0.6) is 11.5 Å². The Hall–Kier alpha value is -1.19. The zero-order valence-electron chi connectivity index (χ0n) is 9.82. The van der Waals surface area contributed by atoms with Gasteiger partial charge in [-0.25, -0.2) is 0 Å². The monoisotopic (exact) mass is 326 g/mol. The molecular weight excluding hydrogens is 316 g/mol. The van der Waals surface area contributed by atoms with E-state index in [2.05, 4.69) is 15.9 Å². The topological polar surface area (TPSA) is 18.5 Å². The van der Waals surface area contributed by atoms with Crippen LogP contribution in [0, 0.1) is 0 Å². The SMILES string of the molecule is COc1ccc(Br)cc1COc1ccc(Cl)cc1. The van der Waals surface area contributed by atoms with E-state index in [4.69, 9.17) is 21.1 Å². The summed E-state index contributed by atoms with van der Waals surface area (Å²) in [6, 6.07) is 13.1. The first kappa shape index (κ1) is 13.2. The van der Waals surface area contributed by atoms with E-state index in [1.165, 1.54) is 0 Å². The van der Waals surface area contributed by atoms with Gasteiger partial charge in [0.05, 0.1) is 7.11 Å². The van der Waals surface area contributed by atoms with Gasteiger partial charge in [0.15, 0.2) is 0 Å². The van der Waals surface area contributed by atoms with Crippen LogP contribution in [0.25, 0.3) is 0 Å². The van der Waals surface area contributed by atoms with Crippen molar-refractivity contribution in [3.63, 3.8) is 0 Å². The van der Waals surface area contributed by atoms with Gasteiger partial charge in [-0.15, -0.1) is 0 Å². The normalized spacial score (nSPS) is 10.2. The molecule has 0 saturated carbocycles. The molecule has 0 unspecified atom stereocenters. The molecule has 0 fully saturated rings. The highest BCUT2D eigenvalue weighted by molar-refractivity contribution is 9.10. The molecule has 4 heteroatoms. The lowest BCUT2D eigenvalue weighted by Crippen LogP contribution is -1.98. The lowest BCUT2D eigenvalue weighted by molar-refractivity contribution is 0.296. The number of rotatable bonds is 4. The van der Waals surface area contributed by atoms with E-state index in [1.807, 2.05) is 30.3 Å². The lowest BCUT2D eigenvalue weighted by atomic mass is 10.2. The molecule has 0 amide bonds. The second-order valence-corrected chi connectivity index (χ2v) is 5.05. The minimum Gasteiger partial charge on any atom is -0.496 e. The second kappa shape index (κ2) is 6.12. The van der Waals surface area contributed by atoms with Crippen LogP contribution >= 0.6 is 27.5 Å². The van der Waals surface area contributed by atoms with Gasteiger partial charge in [-0.2, -0.15) is 0 Å². The predicted molar refractivity (Wildman–Crippen MR) is 76.5 cm³/mol. The number of hydrogen-bond acceptors (Lipinski definition) is 2. The third-order valence-corrected chi connectivity index (χ3v) is 3.20. The van der Waals surface area contributed by atoms with Crippen LogP contribution in [-0.4, -0.2) is 7.11 Å². The molecule has 0 aliphatic heterocycles. The Morgan fingerprint density at radius 1 is 1.11 bits per heavy atom. The van der Waals surface area contributed by atoms with Crippen molar-refractivity contribution < 1.29 is 9.47 Å². The van der Waals surface area contributed by atoms with Crippen molar-refractivity contribution in [3.8, 4) is 11.5 Å². The summed E-state index contributed by atoms with van der Waals surface area (Å²) >= 11 is 9.25. The first-order chi connectivity index (χ1) is 8.69. The Bertz CT molecular complexity index is 526. The molecule has 0 aromatic heterocycles. The Balaban J connectivity index is 2.09. The first-order valence-electron chi connectivity index (χ1n) is 5.40. The molecule has 0 N–H and O–H groups in total.